The summed E-state index contributed by atoms with van der Waals surface area (Å²) in [7, 11) is 0. The zero-order chi connectivity index (χ0) is 14.2. The van der Waals surface area contributed by atoms with Crippen molar-refractivity contribution in [3.05, 3.63) is 0 Å². The summed E-state index contributed by atoms with van der Waals surface area (Å²) in [6.07, 6.45) is 3.60. The monoisotopic (exact) mass is 268 g/mol. The van der Waals surface area contributed by atoms with E-state index in [0.717, 1.165) is 19.3 Å². The van der Waals surface area contributed by atoms with Crippen LogP contribution in [0.4, 0.5) is 0 Å². The lowest BCUT2D eigenvalue weighted by Crippen LogP contribution is -2.52. The minimum absolute atomic E-state index is 0.0227. The maximum Gasteiger partial charge on any atom is 0.326 e. The number of rotatable bonds is 3. The number of hydrogen-bond acceptors (Lipinski definition) is 3. The lowest BCUT2D eigenvalue weighted by molar-refractivity contribution is -0.150. The molecule has 2 aliphatic heterocycles. The van der Waals surface area contributed by atoms with Gasteiger partial charge >= 0.3 is 5.97 Å². The van der Waals surface area contributed by atoms with Crippen molar-refractivity contribution in [1.82, 2.24) is 9.80 Å². The number of carboxylic acid groups (broad SMARTS) is 1. The molecule has 0 saturated carbocycles. The second-order valence-corrected chi connectivity index (χ2v) is 5.93. The Labute approximate surface area is 114 Å². The lowest BCUT2D eigenvalue weighted by atomic mass is 10.1. The molecule has 5 nitrogen and oxygen atoms in total. The van der Waals surface area contributed by atoms with Crippen molar-refractivity contribution >= 4 is 11.9 Å². The van der Waals surface area contributed by atoms with E-state index >= 15 is 0 Å². The van der Waals surface area contributed by atoms with E-state index in [4.69, 9.17) is 0 Å². The number of hydrogen-bond donors (Lipinski definition) is 1. The molecule has 1 amide bonds. The maximum atomic E-state index is 12.6. The fraction of sp³-hybridized carbons (Fsp3) is 0.857. The van der Waals surface area contributed by atoms with Crippen LogP contribution in [0.15, 0.2) is 0 Å². The van der Waals surface area contributed by atoms with E-state index in [1.165, 1.54) is 0 Å². The van der Waals surface area contributed by atoms with Crippen LogP contribution in [-0.2, 0) is 9.59 Å². The van der Waals surface area contributed by atoms with Gasteiger partial charge in [-0.15, -0.1) is 0 Å². The molecule has 0 radical (unpaired) electrons. The molecule has 2 fully saturated rings. The van der Waals surface area contributed by atoms with Crippen LogP contribution in [0.5, 0.6) is 0 Å². The third-order valence-corrected chi connectivity index (χ3v) is 4.65. The molecule has 0 bridgehead atoms. The summed E-state index contributed by atoms with van der Waals surface area (Å²) in [5.74, 6) is -0.897. The van der Waals surface area contributed by atoms with E-state index in [1.54, 1.807) is 4.90 Å². The van der Waals surface area contributed by atoms with Gasteiger partial charge in [-0.3, -0.25) is 9.69 Å². The normalized spacial score (nSPS) is 33.6. The van der Waals surface area contributed by atoms with Gasteiger partial charge in [0.25, 0.3) is 0 Å². The van der Waals surface area contributed by atoms with Crippen molar-refractivity contribution in [1.29, 1.82) is 0 Å². The van der Waals surface area contributed by atoms with E-state index < -0.39 is 12.0 Å². The first-order valence-corrected chi connectivity index (χ1v) is 7.24. The van der Waals surface area contributed by atoms with E-state index in [9.17, 15) is 14.7 Å². The predicted molar refractivity (Wildman–Crippen MR) is 71.8 cm³/mol. The fourth-order valence-corrected chi connectivity index (χ4v) is 3.63. The number of aliphatic carboxylic acids is 1. The van der Waals surface area contributed by atoms with Gasteiger partial charge in [0.2, 0.25) is 5.91 Å². The Hall–Kier alpha value is -1.10. The van der Waals surface area contributed by atoms with Gasteiger partial charge < -0.3 is 10.0 Å². The average molecular weight is 268 g/mol. The zero-order valence-corrected chi connectivity index (χ0v) is 12.0. The van der Waals surface area contributed by atoms with Crippen LogP contribution in [-0.4, -0.2) is 57.5 Å². The third-order valence-electron chi connectivity index (χ3n) is 4.65. The van der Waals surface area contributed by atoms with Gasteiger partial charge in [0.15, 0.2) is 0 Å². The zero-order valence-electron chi connectivity index (χ0n) is 12.0. The molecule has 2 saturated heterocycles. The molecule has 2 rings (SSSR count). The van der Waals surface area contributed by atoms with Crippen LogP contribution in [0, 0.1) is 0 Å². The van der Waals surface area contributed by atoms with Gasteiger partial charge in [-0.25, -0.2) is 4.79 Å². The smallest absolute Gasteiger partial charge is 0.326 e. The number of likely N-dealkylation sites (tertiary alicyclic amines) is 2. The van der Waals surface area contributed by atoms with Crippen LogP contribution in [0.3, 0.4) is 0 Å². The molecule has 3 unspecified atom stereocenters. The second kappa shape index (κ2) is 5.49. The molecule has 5 heteroatoms. The van der Waals surface area contributed by atoms with Crippen molar-refractivity contribution in [2.24, 2.45) is 0 Å². The highest BCUT2D eigenvalue weighted by Crippen LogP contribution is 2.28. The summed E-state index contributed by atoms with van der Waals surface area (Å²) < 4.78 is 0. The Morgan fingerprint density at radius 1 is 1.16 bits per heavy atom. The Kier molecular flexibility index (Phi) is 4.13. The van der Waals surface area contributed by atoms with Crippen LogP contribution in [0.2, 0.25) is 0 Å². The summed E-state index contributed by atoms with van der Waals surface area (Å²) in [6.45, 7) is 6.78. The van der Waals surface area contributed by atoms with Crippen molar-refractivity contribution in [2.45, 2.75) is 70.6 Å². The largest absolute Gasteiger partial charge is 0.480 e. The first kappa shape index (κ1) is 14.3. The van der Waals surface area contributed by atoms with Gasteiger partial charge in [-0.2, -0.15) is 0 Å². The molecule has 4 atom stereocenters. The minimum Gasteiger partial charge on any atom is -0.480 e. The molecule has 1 N–H and O–H groups in total. The van der Waals surface area contributed by atoms with Gasteiger partial charge in [0.1, 0.15) is 6.04 Å². The topological polar surface area (TPSA) is 60.9 Å². The molecular formula is C14H24N2O3. The summed E-state index contributed by atoms with van der Waals surface area (Å²) in [4.78, 5) is 27.5. The number of carboxylic acids is 1. The van der Waals surface area contributed by atoms with E-state index in [0.29, 0.717) is 25.0 Å². The van der Waals surface area contributed by atoms with Crippen LogP contribution in [0.1, 0.15) is 46.5 Å². The Morgan fingerprint density at radius 2 is 1.74 bits per heavy atom. The molecule has 0 spiro atoms. The Balaban J connectivity index is 2.08. The van der Waals surface area contributed by atoms with Crippen LogP contribution < -0.4 is 0 Å². The highest BCUT2D eigenvalue weighted by atomic mass is 16.4. The van der Waals surface area contributed by atoms with Gasteiger partial charge in [0, 0.05) is 18.6 Å². The van der Waals surface area contributed by atoms with Crippen molar-refractivity contribution in [3.8, 4) is 0 Å². The summed E-state index contributed by atoms with van der Waals surface area (Å²) in [5, 5.41) is 9.18. The fourth-order valence-electron chi connectivity index (χ4n) is 3.63. The van der Waals surface area contributed by atoms with Crippen LogP contribution >= 0.6 is 0 Å². The summed E-state index contributed by atoms with van der Waals surface area (Å²) in [6, 6.07) is -0.0322. The minimum atomic E-state index is -0.874. The van der Waals surface area contributed by atoms with Gasteiger partial charge in [-0.05, 0) is 46.5 Å². The Bertz CT molecular complexity index is 362. The van der Waals surface area contributed by atoms with Gasteiger partial charge in [-0.1, -0.05) is 0 Å². The number of nitrogens with zero attached hydrogens (tertiary/aromatic N) is 2. The molecular weight excluding hydrogens is 244 g/mol. The number of carbonyl (C=O) groups is 2. The number of carbonyl (C=O) groups excluding carboxylic acids is 1. The second-order valence-electron chi connectivity index (χ2n) is 5.93. The standard InChI is InChI=1S/C14H24N2O3/c1-9-6-7-10(2)16(9)11(3)13(17)15-8-4-5-12(15)14(18)19/h9-12H,4-8H2,1-3H3,(H,18,19)/t9?,10?,11?,12-/m1/s1. The van der Waals surface area contributed by atoms with Crippen LogP contribution in [0.25, 0.3) is 0 Å². The molecule has 2 heterocycles. The van der Waals surface area contributed by atoms with E-state index in [-0.39, 0.29) is 11.9 Å². The van der Waals surface area contributed by atoms with Crippen molar-refractivity contribution in [2.75, 3.05) is 6.54 Å². The molecule has 0 aromatic heterocycles. The third kappa shape index (κ3) is 2.61. The van der Waals surface area contributed by atoms with Gasteiger partial charge in [0.05, 0.1) is 6.04 Å². The Morgan fingerprint density at radius 3 is 2.26 bits per heavy atom. The molecule has 19 heavy (non-hydrogen) atoms. The molecule has 0 aliphatic carbocycles. The highest BCUT2D eigenvalue weighted by Gasteiger charge is 2.40. The molecule has 108 valence electrons. The first-order chi connectivity index (χ1) is 8.93. The quantitative estimate of drug-likeness (QED) is 0.838. The van der Waals surface area contributed by atoms with Crippen molar-refractivity contribution < 1.29 is 14.7 Å². The van der Waals surface area contributed by atoms with Crippen molar-refractivity contribution in [3.63, 3.8) is 0 Å². The first-order valence-electron chi connectivity index (χ1n) is 7.24. The summed E-state index contributed by atoms with van der Waals surface area (Å²) >= 11 is 0. The molecule has 0 aromatic rings. The SMILES string of the molecule is CC1CCC(C)N1C(C)C(=O)N1CCC[C@@H]1C(=O)O. The maximum absolute atomic E-state index is 12.6. The van der Waals surface area contributed by atoms with E-state index in [1.807, 2.05) is 6.92 Å². The summed E-state index contributed by atoms with van der Waals surface area (Å²) in [5.41, 5.74) is 0. The highest BCUT2D eigenvalue weighted by molar-refractivity contribution is 5.87. The molecule has 2 aliphatic rings. The average Bonchev–Trinajstić information content (AvgIpc) is 2.95. The number of amides is 1. The molecule has 0 aromatic carbocycles. The lowest BCUT2D eigenvalue weighted by Gasteiger charge is -2.35. The predicted octanol–water partition coefficient (Wildman–Crippen LogP) is 1.32. The van der Waals surface area contributed by atoms with E-state index in [2.05, 4.69) is 18.7 Å².